The number of carbonyl (C=O) groups is 1. The van der Waals surface area contributed by atoms with E-state index in [9.17, 15) is 9.59 Å². The molecule has 2 aliphatic carbocycles. The highest BCUT2D eigenvalue weighted by atomic mass is 16.2. The van der Waals surface area contributed by atoms with Gasteiger partial charge in [0.25, 0.3) is 5.56 Å². The highest BCUT2D eigenvalue weighted by molar-refractivity contribution is 5.93. The van der Waals surface area contributed by atoms with Gasteiger partial charge in [0.1, 0.15) is 0 Å². The number of rotatable bonds is 2. The lowest BCUT2D eigenvalue weighted by Crippen LogP contribution is -2.53. The van der Waals surface area contributed by atoms with Crippen LogP contribution in [-0.2, 0) is 7.05 Å². The molecule has 3 atom stereocenters. The van der Waals surface area contributed by atoms with Crippen LogP contribution in [0.1, 0.15) is 25.7 Å². The topological polar surface area (TPSA) is 57.6 Å². The quantitative estimate of drug-likeness (QED) is 0.872. The fourth-order valence-electron chi connectivity index (χ4n) is 5.53. The van der Waals surface area contributed by atoms with E-state index in [0.717, 1.165) is 49.4 Å². The molecular weight excluding hydrogens is 352 g/mol. The van der Waals surface area contributed by atoms with Crippen molar-refractivity contribution in [2.45, 2.75) is 31.7 Å². The van der Waals surface area contributed by atoms with Crippen molar-refractivity contribution < 1.29 is 4.79 Å². The minimum absolute atomic E-state index is 0.0481. The van der Waals surface area contributed by atoms with E-state index >= 15 is 0 Å². The molecule has 2 aromatic rings. The zero-order chi connectivity index (χ0) is 19.3. The van der Waals surface area contributed by atoms with Gasteiger partial charge < -0.3 is 14.8 Å². The first kappa shape index (κ1) is 17.7. The van der Waals surface area contributed by atoms with E-state index in [2.05, 4.69) is 10.2 Å². The first-order chi connectivity index (χ1) is 13.6. The second kappa shape index (κ2) is 6.92. The van der Waals surface area contributed by atoms with Crippen LogP contribution in [0.3, 0.4) is 0 Å². The second-order valence-electron chi connectivity index (χ2n) is 8.73. The maximum atomic E-state index is 12.7. The molecule has 3 aliphatic rings. The van der Waals surface area contributed by atoms with Crippen molar-refractivity contribution in [3.05, 3.63) is 40.8 Å². The fourth-order valence-corrected chi connectivity index (χ4v) is 5.53. The van der Waals surface area contributed by atoms with E-state index in [1.807, 2.05) is 23.1 Å². The number of hydrogen-bond acceptors (Lipinski definition) is 3. The molecule has 6 nitrogen and oxygen atoms in total. The van der Waals surface area contributed by atoms with Crippen LogP contribution in [0.2, 0.25) is 0 Å². The average Bonchev–Trinajstić information content (AvgIpc) is 3.35. The summed E-state index contributed by atoms with van der Waals surface area (Å²) in [6.07, 6.45) is 7.38. The summed E-state index contributed by atoms with van der Waals surface area (Å²) in [5, 5.41) is 4.50. The number of amides is 2. The molecular formula is C22H28N4O2. The van der Waals surface area contributed by atoms with E-state index in [-0.39, 0.29) is 11.6 Å². The number of carbonyl (C=O) groups excluding carboxylic acids is 1. The number of pyridine rings is 1. The normalized spacial score (nSPS) is 27.5. The number of anilines is 1. The molecule has 2 bridgehead atoms. The number of aromatic nitrogens is 1. The molecule has 2 amide bonds. The van der Waals surface area contributed by atoms with Crippen LogP contribution >= 0.6 is 0 Å². The summed E-state index contributed by atoms with van der Waals surface area (Å²) in [4.78, 5) is 29.6. The Kier molecular flexibility index (Phi) is 4.38. The number of nitrogens with one attached hydrogen (secondary N) is 1. The van der Waals surface area contributed by atoms with Crippen LogP contribution in [-0.4, -0.2) is 52.6 Å². The highest BCUT2D eigenvalue weighted by Gasteiger charge is 2.42. The summed E-state index contributed by atoms with van der Waals surface area (Å²) in [6, 6.07) is 8.13. The van der Waals surface area contributed by atoms with Gasteiger partial charge in [-0.15, -0.1) is 0 Å². The lowest BCUT2D eigenvalue weighted by Gasteiger charge is -2.40. The molecule has 2 heterocycles. The van der Waals surface area contributed by atoms with Gasteiger partial charge in [-0.3, -0.25) is 9.69 Å². The molecule has 0 unspecified atom stereocenters. The van der Waals surface area contributed by atoms with Crippen LogP contribution in [0.15, 0.2) is 35.3 Å². The number of aryl methyl sites for hydroxylation is 1. The van der Waals surface area contributed by atoms with Gasteiger partial charge in [0.2, 0.25) is 0 Å². The van der Waals surface area contributed by atoms with E-state index < -0.39 is 0 Å². The van der Waals surface area contributed by atoms with Crippen LogP contribution in [0.5, 0.6) is 0 Å². The molecule has 0 spiro atoms. The number of piperazine rings is 1. The molecule has 1 saturated heterocycles. The molecule has 3 fully saturated rings. The zero-order valence-electron chi connectivity index (χ0n) is 16.4. The first-order valence-corrected chi connectivity index (χ1v) is 10.5. The fraction of sp³-hybridized carbons (Fsp3) is 0.545. The Balaban J connectivity index is 1.22. The predicted molar refractivity (Wildman–Crippen MR) is 111 cm³/mol. The summed E-state index contributed by atoms with van der Waals surface area (Å²) in [5.74, 6) is 1.85. The van der Waals surface area contributed by atoms with Crippen molar-refractivity contribution in [2.24, 2.45) is 18.9 Å². The minimum Gasteiger partial charge on any atom is -0.322 e. The molecule has 1 aromatic heterocycles. The van der Waals surface area contributed by atoms with Crippen LogP contribution in [0, 0.1) is 11.8 Å². The largest absolute Gasteiger partial charge is 0.322 e. The second-order valence-corrected chi connectivity index (χ2v) is 8.73. The van der Waals surface area contributed by atoms with Crippen LogP contribution in [0.25, 0.3) is 10.8 Å². The summed E-state index contributed by atoms with van der Waals surface area (Å²) >= 11 is 0. The number of fused-ring (bicyclic) bond motifs is 3. The monoisotopic (exact) mass is 380 g/mol. The molecule has 148 valence electrons. The first-order valence-electron chi connectivity index (χ1n) is 10.5. The van der Waals surface area contributed by atoms with Crippen LogP contribution < -0.4 is 10.9 Å². The number of benzene rings is 1. The van der Waals surface area contributed by atoms with Gasteiger partial charge >= 0.3 is 6.03 Å². The Morgan fingerprint density at radius 3 is 2.61 bits per heavy atom. The highest BCUT2D eigenvalue weighted by Crippen LogP contribution is 2.46. The molecule has 1 aromatic carbocycles. The lowest BCUT2D eigenvalue weighted by molar-refractivity contribution is 0.0860. The Morgan fingerprint density at radius 1 is 1.07 bits per heavy atom. The third-order valence-electron chi connectivity index (χ3n) is 7.10. The summed E-state index contributed by atoms with van der Waals surface area (Å²) in [6.45, 7) is 3.49. The SMILES string of the molecule is Cn1ccc2ccc(NC(=O)N3CCN([C@@H]4C[C@@H]5CC[C@H]4C5)CC3)cc2c1=O. The molecule has 28 heavy (non-hydrogen) atoms. The van der Waals surface area contributed by atoms with E-state index in [4.69, 9.17) is 0 Å². The number of nitrogens with zero attached hydrogens (tertiary/aromatic N) is 3. The van der Waals surface area contributed by atoms with Gasteiger partial charge in [-0.2, -0.15) is 0 Å². The third kappa shape index (κ3) is 3.09. The third-order valence-corrected chi connectivity index (χ3v) is 7.10. The zero-order valence-corrected chi connectivity index (χ0v) is 16.4. The molecule has 0 radical (unpaired) electrons. The summed E-state index contributed by atoms with van der Waals surface area (Å²) in [5.41, 5.74) is 0.629. The van der Waals surface area contributed by atoms with Gasteiger partial charge in [-0.25, -0.2) is 4.79 Å². The smallest absolute Gasteiger partial charge is 0.321 e. The molecule has 5 rings (SSSR count). The average molecular weight is 380 g/mol. The molecule has 6 heteroatoms. The van der Waals surface area contributed by atoms with Gasteiger partial charge in [-0.1, -0.05) is 12.5 Å². The standard InChI is InChI=1S/C22H28N4O2/c1-24-7-6-16-4-5-18(14-19(16)21(24)27)23-22(28)26-10-8-25(9-11-26)20-13-15-2-3-17(20)12-15/h4-7,14-15,17,20H,2-3,8-13H2,1H3,(H,23,28)/t15-,17+,20-/m1/s1. The van der Waals surface area contributed by atoms with E-state index in [1.54, 1.807) is 23.9 Å². The summed E-state index contributed by atoms with van der Waals surface area (Å²) in [7, 11) is 1.74. The van der Waals surface area contributed by atoms with Crippen molar-refractivity contribution >= 4 is 22.5 Å². The van der Waals surface area contributed by atoms with Gasteiger partial charge in [0, 0.05) is 56.5 Å². The number of hydrogen-bond donors (Lipinski definition) is 1. The maximum absolute atomic E-state index is 12.7. The van der Waals surface area contributed by atoms with Gasteiger partial charge in [-0.05, 0) is 54.7 Å². The lowest BCUT2D eigenvalue weighted by atomic mass is 9.93. The van der Waals surface area contributed by atoms with E-state index in [0.29, 0.717) is 11.1 Å². The van der Waals surface area contributed by atoms with Gasteiger partial charge in [0.15, 0.2) is 0 Å². The predicted octanol–water partition coefficient (Wildman–Crippen LogP) is 2.88. The van der Waals surface area contributed by atoms with Crippen LogP contribution in [0.4, 0.5) is 10.5 Å². The Hall–Kier alpha value is -2.34. The molecule has 2 saturated carbocycles. The van der Waals surface area contributed by atoms with Crippen molar-refractivity contribution in [1.29, 1.82) is 0 Å². The van der Waals surface area contributed by atoms with Crippen molar-refractivity contribution in [2.75, 3.05) is 31.5 Å². The molecule has 1 aliphatic heterocycles. The Morgan fingerprint density at radius 2 is 1.89 bits per heavy atom. The van der Waals surface area contributed by atoms with Gasteiger partial charge in [0.05, 0.1) is 0 Å². The Labute approximate surface area is 165 Å². The minimum atomic E-state index is -0.0697. The van der Waals surface area contributed by atoms with E-state index in [1.165, 1.54) is 25.7 Å². The summed E-state index contributed by atoms with van der Waals surface area (Å²) < 4.78 is 1.56. The van der Waals surface area contributed by atoms with Crippen molar-refractivity contribution in [3.8, 4) is 0 Å². The van der Waals surface area contributed by atoms with Crippen molar-refractivity contribution in [3.63, 3.8) is 0 Å². The molecule has 1 N–H and O–H groups in total. The maximum Gasteiger partial charge on any atom is 0.321 e. The Bertz CT molecular complexity index is 961. The van der Waals surface area contributed by atoms with Crippen molar-refractivity contribution in [1.82, 2.24) is 14.4 Å². The number of urea groups is 1.